The SMILES string of the molecule is CC(=O)Nc1cccc2c1C(=O)N(N(C)C)C2=O. The number of hydrogen-bond donors (Lipinski definition) is 1. The lowest BCUT2D eigenvalue weighted by Crippen LogP contribution is -2.41. The van der Waals surface area contributed by atoms with Gasteiger partial charge in [-0.05, 0) is 12.1 Å². The van der Waals surface area contributed by atoms with Gasteiger partial charge in [0.15, 0.2) is 0 Å². The summed E-state index contributed by atoms with van der Waals surface area (Å²) >= 11 is 0. The summed E-state index contributed by atoms with van der Waals surface area (Å²) < 4.78 is 0. The summed E-state index contributed by atoms with van der Waals surface area (Å²) in [5.74, 6) is -1.09. The Morgan fingerprint density at radius 2 is 1.89 bits per heavy atom. The molecule has 1 aliphatic rings. The molecule has 0 aromatic heterocycles. The number of imide groups is 1. The Morgan fingerprint density at radius 3 is 2.44 bits per heavy atom. The summed E-state index contributed by atoms with van der Waals surface area (Å²) in [5.41, 5.74) is 0.911. The standard InChI is InChI=1S/C12H13N3O3/c1-7(16)13-9-6-4-5-8-10(9)12(18)15(11(8)17)14(2)3/h4-6H,1-3H3,(H,13,16). The Hall–Kier alpha value is -2.21. The van der Waals surface area contributed by atoms with Gasteiger partial charge in [-0.2, -0.15) is 0 Å². The molecule has 18 heavy (non-hydrogen) atoms. The molecule has 0 bridgehead atoms. The molecule has 1 heterocycles. The molecular formula is C12H13N3O3. The van der Waals surface area contributed by atoms with Crippen molar-refractivity contribution in [2.75, 3.05) is 19.4 Å². The molecule has 6 heteroatoms. The van der Waals surface area contributed by atoms with Crippen LogP contribution >= 0.6 is 0 Å². The zero-order valence-electron chi connectivity index (χ0n) is 10.4. The van der Waals surface area contributed by atoms with Crippen LogP contribution in [-0.4, -0.2) is 41.8 Å². The lowest BCUT2D eigenvalue weighted by atomic mass is 10.1. The molecule has 94 valence electrons. The van der Waals surface area contributed by atoms with Gasteiger partial charge in [0.2, 0.25) is 5.91 Å². The minimum absolute atomic E-state index is 0.242. The van der Waals surface area contributed by atoms with Crippen molar-refractivity contribution in [2.45, 2.75) is 6.92 Å². The summed E-state index contributed by atoms with van der Waals surface area (Å²) in [5, 5.41) is 5.01. The van der Waals surface area contributed by atoms with Crippen LogP contribution < -0.4 is 5.32 Å². The lowest BCUT2D eigenvalue weighted by Gasteiger charge is -2.21. The first-order chi connectivity index (χ1) is 8.43. The third kappa shape index (κ3) is 1.76. The van der Waals surface area contributed by atoms with Crippen molar-refractivity contribution in [1.82, 2.24) is 10.0 Å². The molecule has 0 saturated heterocycles. The van der Waals surface area contributed by atoms with Gasteiger partial charge in [-0.25, -0.2) is 10.0 Å². The van der Waals surface area contributed by atoms with Gasteiger partial charge in [0.05, 0.1) is 16.8 Å². The molecule has 0 saturated carbocycles. The number of nitrogens with zero attached hydrogens (tertiary/aromatic N) is 2. The van der Waals surface area contributed by atoms with Crippen LogP contribution in [0.1, 0.15) is 27.6 Å². The number of carbonyl (C=O) groups excluding carboxylic acids is 3. The van der Waals surface area contributed by atoms with E-state index < -0.39 is 5.91 Å². The van der Waals surface area contributed by atoms with E-state index in [2.05, 4.69) is 5.32 Å². The van der Waals surface area contributed by atoms with E-state index >= 15 is 0 Å². The zero-order valence-corrected chi connectivity index (χ0v) is 10.4. The number of rotatable bonds is 2. The fraction of sp³-hybridized carbons (Fsp3) is 0.250. The van der Waals surface area contributed by atoms with E-state index in [1.807, 2.05) is 0 Å². The molecule has 0 unspecified atom stereocenters. The average molecular weight is 247 g/mol. The second kappa shape index (κ2) is 4.23. The normalized spacial score (nSPS) is 14.1. The number of carbonyl (C=O) groups is 3. The van der Waals surface area contributed by atoms with Gasteiger partial charge in [-0.15, -0.1) is 0 Å². The van der Waals surface area contributed by atoms with E-state index in [9.17, 15) is 14.4 Å². The highest BCUT2D eigenvalue weighted by molar-refractivity contribution is 6.24. The molecule has 1 N–H and O–H groups in total. The van der Waals surface area contributed by atoms with Crippen LogP contribution in [0.15, 0.2) is 18.2 Å². The third-order valence-corrected chi connectivity index (χ3v) is 2.60. The van der Waals surface area contributed by atoms with E-state index in [1.165, 1.54) is 11.9 Å². The van der Waals surface area contributed by atoms with Crippen LogP contribution in [0.25, 0.3) is 0 Å². The lowest BCUT2D eigenvalue weighted by molar-refractivity contribution is -0.114. The summed E-state index contributed by atoms with van der Waals surface area (Å²) in [4.78, 5) is 35.3. The molecule has 2 rings (SSSR count). The van der Waals surface area contributed by atoms with Crippen molar-refractivity contribution in [3.63, 3.8) is 0 Å². The van der Waals surface area contributed by atoms with Crippen molar-refractivity contribution in [2.24, 2.45) is 0 Å². The van der Waals surface area contributed by atoms with Gasteiger partial charge >= 0.3 is 0 Å². The molecule has 3 amide bonds. The maximum Gasteiger partial charge on any atom is 0.278 e. The average Bonchev–Trinajstić information content (AvgIpc) is 2.51. The molecule has 6 nitrogen and oxygen atoms in total. The third-order valence-electron chi connectivity index (χ3n) is 2.60. The predicted octanol–water partition coefficient (Wildman–Crippen LogP) is 0.718. The molecule has 0 fully saturated rings. The van der Waals surface area contributed by atoms with Gasteiger partial charge in [-0.1, -0.05) is 6.07 Å². The van der Waals surface area contributed by atoms with Gasteiger partial charge in [0, 0.05) is 21.0 Å². The van der Waals surface area contributed by atoms with E-state index in [0.29, 0.717) is 11.3 Å². The Bertz CT molecular complexity index is 551. The number of hydrogen-bond acceptors (Lipinski definition) is 4. The fourth-order valence-electron chi connectivity index (χ4n) is 1.93. The maximum absolute atomic E-state index is 12.2. The molecule has 0 spiro atoms. The van der Waals surface area contributed by atoms with E-state index in [0.717, 1.165) is 5.01 Å². The van der Waals surface area contributed by atoms with Crippen molar-refractivity contribution in [3.8, 4) is 0 Å². The number of fused-ring (bicyclic) bond motifs is 1. The van der Waals surface area contributed by atoms with Crippen LogP contribution in [0, 0.1) is 0 Å². The highest BCUT2D eigenvalue weighted by Crippen LogP contribution is 2.29. The first-order valence-corrected chi connectivity index (χ1v) is 5.40. The van der Waals surface area contributed by atoms with E-state index in [1.54, 1.807) is 32.3 Å². The monoisotopic (exact) mass is 247 g/mol. The summed E-state index contributed by atoms with van der Waals surface area (Å²) in [7, 11) is 3.22. The largest absolute Gasteiger partial charge is 0.326 e. The van der Waals surface area contributed by atoms with Crippen LogP contribution in [0.2, 0.25) is 0 Å². The van der Waals surface area contributed by atoms with Crippen LogP contribution in [-0.2, 0) is 4.79 Å². The molecule has 0 radical (unpaired) electrons. The number of anilines is 1. The first-order valence-electron chi connectivity index (χ1n) is 5.40. The van der Waals surface area contributed by atoms with Gasteiger partial charge < -0.3 is 5.32 Å². The van der Waals surface area contributed by atoms with Crippen molar-refractivity contribution in [1.29, 1.82) is 0 Å². The second-order valence-corrected chi connectivity index (χ2v) is 4.18. The quantitative estimate of drug-likeness (QED) is 0.782. The van der Waals surface area contributed by atoms with E-state index in [4.69, 9.17) is 0 Å². The second-order valence-electron chi connectivity index (χ2n) is 4.18. The Balaban J connectivity index is 2.54. The number of nitrogens with one attached hydrogen (secondary N) is 1. The highest BCUT2D eigenvalue weighted by Gasteiger charge is 2.39. The van der Waals surface area contributed by atoms with Crippen LogP contribution in [0.5, 0.6) is 0 Å². The summed E-state index contributed by atoms with van der Waals surface area (Å²) in [6, 6.07) is 4.81. The molecule has 1 aromatic carbocycles. The number of benzene rings is 1. The van der Waals surface area contributed by atoms with E-state index in [-0.39, 0.29) is 17.4 Å². The van der Waals surface area contributed by atoms with Crippen molar-refractivity contribution < 1.29 is 14.4 Å². The molecular weight excluding hydrogens is 234 g/mol. The Kier molecular flexibility index (Phi) is 2.88. The topological polar surface area (TPSA) is 69.7 Å². The van der Waals surface area contributed by atoms with Crippen molar-refractivity contribution in [3.05, 3.63) is 29.3 Å². The Morgan fingerprint density at radius 1 is 1.22 bits per heavy atom. The fourth-order valence-corrected chi connectivity index (χ4v) is 1.93. The molecule has 0 aliphatic carbocycles. The Labute approximate surface area is 104 Å². The maximum atomic E-state index is 12.2. The van der Waals surface area contributed by atoms with Crippen LogP contribution in [0.3, 0.4) is 0 Å². The smallest absolute Gasteiger partial charge is 0.278 e. The number of hydrazine groups is 1. The molecule has 1 aliphatic heterocycles. The zero-order chi connectivity index (χ0) is 13.4. The van der Waals surface area contributed by atoms with Crippen LogP contribution in [0.4, 0.5) is 5.69 Å². The minimum Gasteiger partial charge on any atom is -0.326 e. The molecule has 0 atom stereocenters. The van der Waals surface area contributed by atoms with Gasteiger partial charge in [0.1, 0.15) is 0 Å². The van der Waals surface area contributed by atoms with Gasteiger partial charge in [-0.3, -0.25) is 14.4 Å². The predicted molar refractivity (Wildman–Crippen MR) is 64.9 cm³/mol. The first kappa shape index (κ1) is 12.3. The van der Waals surface area contributed by atoms with Crippen molar-refractivity contribution >= 4 is 23.4 Å². The molecule has 1 aromatic rings. The minimum atomic E-state index is -0.427. The highest BCUT2D eigenvalue weighted by atomic mass is 16.2. The summed E-state index contributed by atoms with van der Waals surface area (Å²) in [6.07, 6.45) is 0. The number of amides is 3. The summed E-state index contributed by atoms with van der Waals surface area (Å²) in [6.45, 7) is 1.35. The van der Waals surface area contributed by atoms with Gasteiger partial charge in [0.25, 0.3) is 11.8 Å².